The Hall–Kier alpha value is -2.82. The predicted octanol–water partition coefficient (Wildman–Crippen LogP) is -0.144. The third-order valence-electron chi connectivity index (χ3n) is 7.06. The maximum atomic E-state index is 15.6. The number of halogens is 1. The van der Waals surface area contributed by atoms with Crippen molar-refractivity contribution < 1.29 is 42.0 Å². The van der Waals surface area contributed by atoms with E-state index in [9.17, 15) is 19.4 Å². The maximum Gasteiger partial charge on any atom is 0.582 e. The summed E-state index contributed by atoms with van der Waals surface area (Å²) in [7, 11) is -2.38. The highest BCUT2D eigenvalue weighted by Crippen LogP contribution is 2.51. The van der Waals surface area contributed by atoms with Crippen LogP contribution in [-0.4, -0.2) is 98.3 Å². The van der Waals surface area contributed by atoms with E-state index in [1.807, 2.05) is 0 Å². The Labute approximate surface area is 261 Å². The van der Waals surface area contributed by atoms with E-state index >= 15 is 4.39 Å². The third-order valence-corrected chi connectivity index (χ3v) is 9.35. The topological polar surface area (TPSA) is 275 Å². The number of aliphatic hydroxyl groups is 1. The molecule has 6 rings (SSSR count). The molecule has 0 aromatic carbocycles. The molecule has 0 amide bonds. The second-order valence-corrected chi connectivity index (χ2v) is 14.3. The van der Waals surface area contributed by atoms with Crippen LogP contribution in [0.5, 0.6) is 0 Å². The number of fused-ring (bicyclic) bond motifs is 2. The molecule has 25 heteroatoms. The highest BCUT2D eigenvalue weighted by atomic mass is 32.7. The summed E-state index contributed by atoms with van der Waals surface area (Å²) >= 11 is 9.04. The zero-order valence-electron chi connectivity index (χ0n) is 22.6. The van der Waals surface area contributed by atoms with Crippen LogP contribution in [0.3, 0.4) is 0 Å². The van der Waals surface area contributed by atoms with E-state index in [0.29, 0.717) is 11.2 Å². The number of aromatic nitrogens is 9. The summed E-state index contributed by atoms with van der Waals surface area (Å²) < 4.78 is 58.2. The summed E-state index contributed by atoms with van der Waals surface area (Å²) in [6.45, 7) is -5.15. The number of rotatable bonds is 11. The molecular weight excluding hydrogens is 683 g/mol. The molecule has 20 nitrogen and oxygen atoms in total. The van der Waals surface area contributed by atoms with Gasteiger partial charge in [-0.05, 0) is 22.8 Å². The molecule has 0 saturated carbocycles. The van der Waals surface area contributed by atoms with Gasteiger partial charge in [-0.25, -0.2) is 14.4 Å². The Morgan fingerprint density at radius 3 is 2.84 bits per heavy atom. The van der Waals surface area contributed by atoms with Gasteiger partial charge in [0, 0.05) is 18.6 Å². The first-order valence-corrected chi connectivity index (χ1v) is 18.0. The summed E-state index contributed by atoms with van der Waals surface area (Å²) in [5, 5.41) is 21.2. The van der Waals surface area contributed by atoms with Crippen molar-refractivity contribution >= 4 is 66.7 Å². The first-order chi connectivity index (χ1) is 21.5. The van der Waals surface area contributed by atoms with Crippen LogP contribution in [0.4, 0.5) is 16.3 Å². The minimum absolute atomic E-state index is 0.0972. The molecule has 4 aromatic heterocycles. The van der Waals surface area contributed by atoms with Crippen molar-refractivity contribution in [2.75, 3.05) is 24.7 Å². The quantitative estimate of drug-likeness (QED) is 0.0873. The van der Waals surface area contributed by atoms with Gasteiger partial charge in [-0.1, -0.05) is 5.21 Å². The van der Waals surface area contributed by atoms with Crippen LogP contribution in [-0.2, 0) is 39.4 Å². The lowest BCUT2D eigenvalue weighted by Gasteiger charge is -2.25. The predicted molar refractivity (Wildman–Crippen MR) is 157 cm³/mol. The van der Waals surface area contributed by atoms with E-state index in [1.54, 1.807) is 0 Å². The normalized spacial score (nSPS) is 28.6. The molecule has 2 saturated heterocycles. The summed E-state index contributed by atoms with van der Waals surface area (Å²) in [6.07, 6.45) is -5.97. The number of ether oxygens (including phenoxy) is 2. The molecule has 2 aliphatic heterocycles. The molecule has 4 aromatic rings. The molecule has 242 valence electrons. The summed E-state index contributed by atoms with van der Waals surface area (Å²) in [5.74, 6) is -0.166. The molecule has 7 N–H and O–H groups in total. The average molecular weight is 709 g/mol. The number of aliphatic hydroxyl groups excluding tert-OH is 1. The van der Waals surface area contributed by atoms with Crippen LogP contribution in [0, 0.1) is 0 Å². The highest BCUT2D eigenvalue weighted by molar-refractivity contribution is 8.39. The number of thiol groups is 1. The first-order valence-electron chi connectivity index (χ1n) is 13.0. The van der Waals surface area contributed by atoms with Crippen LogP contribution >= 0.6 is 26.2 Å². The van der Waals surface area contributed by atoms with Gasteiger partial charge in [0.2, 0.25) is 11.9 Å². The number of hydrogen-bond acceptors (Lipinski definition) is 17. The van der Waals surface area contributed by atoms with Gasteiger partial charge in [0.05, 0.1) is 25.0 Å². The number of nitrogens with two attached hydrogens (primary N) is 2. The molecule has 0 radical (unpaired) electrons. The van der Waals surface area contributed by atoms with Crippen molar-refractivity contribution in [3.8, 4) is 0 Å². The van der Waals surface area contributed by atoms with Crippen LogP contribution in [0.25, 0.3) is 16.8 Å². The van der Waals surface area contributed by atoms with Crippen molar-refractivity contribution in [3.63, 3.8) is 0 Å². The van der Waals surface area contributed by atoms with Crippen molar-refractivity contribution in [2.45, 2.75) is 55.8 Å². The number of alkyl halides is 1. The lowest BCUT2D eigenvalue weighted by atomic mass is 10.1. The number of aromatic amines is 1. The fraction of sp³-hybridized carbons (Fsp3) is 0.550. The number of nitrogens with zero attached hydrogens (tertiary/aromatic N) is 8. The van der Waals surface area contributed by atoms with Gasteiger partial charge < -0.3 is 35.5 Å². The molecule has 2 fully saturated rings. The van der Waals surface area contributed by atoms with E-state index in [-0.39, 0.29) is 35.9 Å². The number of nitrogens with one attached hydrogen (secondary N) is 1. The van der Waals surface area contributed by atoms with E-state index in [0.717, 1.165) is 4.68 Å². The van der Waals surface area contributed by atoms with Crippen LogP contribution in [0.1, 0.15) is 30.7 Å². The van der Waals surface area contributed by atoms with Crippen molar-refractivity contribution in [1.82, 2.24) is 44.5 Å². The fourth-order valence-electron chi connectivity index (χ4n) is 5.11. The monoisotopic (exact) mass is 708 g/mol. The molecule has 9 atom stereocenters. The van der Waals surface area contributed by atoms with Crippen LogP contribution < -0.4 is 17.0 Å². The van der Waals surface area contributed by atoms with Crippen molar-refractivity contribution in [1.29, 1.82) is 0 Å². The second kappa shape index (κ2) is 12.8. The minimum atomic E-state index is -4.29. The number of H-pyrrole nitrogens is 1. The van der Waals surface area contributed by atoms with Crippen LogP contribution in [0.2, 0.25) is 0 Å². The Balaban J connectivity index is 1.21. The Morgan fingerprint density at radius 1 is 1.29 bits per heavy atom. The zero-order chi connectivity index (χ0) is 32.0. The largest absolute Gasteiger partial charge is 0.582 e. The molecular formula is C20H25FN11O9P2S2+. The molecule has 2 aliphatic rings. The van der Waals surface area contributed by atoms with Crippen molar-refractivity contribution in [2.24, 2.45) is 0 Å². The lowest BCUT2D eigenvalue weighted by Crippen LogP contribution is -2.32. The highest BCUT2D eigenvalue weighted by Gasteiger charge is 2.51. The molecule has 2 unspecified atom stereocenters. The maximum absolute atomic E-state index is 15.6. The Kier molecular flexibility index (Phi) is 9.11. The number of nitrogen functional groups attached to an aromatic ring is 2. The second-order valence-electron chi connectivity index (χ2n) is 9.86. The van der Waals surface area contributed by atoms with Crippen molar-refractivity contribution in [3.05, 3.63) is 28.4 Å². The molecule has 45 heavy (non-hydrogen) atoms. The van der Waals surface area contributed by atoms with E-state index in [1.165, 1.54) is 17.0 Å². The summed E-state index contributed by atoms with van der Waals surface area (Å²) in [6, 6.07) is 0. The van der Waals surface area contributed by atoms with E-state index in [2.05, 4.69) is 47.6 Å². The number of anilines is 2. The van der Waals surface area contributed by atoms with Gasteiger partial charge in [0.15, 0.2) is 29.2 Å². The number of hydrogen-bond donors (Lipinski definition) is 6. The van der Waals surface area contributed by atoms with Gasteiger partial charge in [-0.2, -0.15) is 19.3 Å². The summed E-state index contributed by atoms with van der Waals surface area (Å²) in [5.41, 5.74) is 11.3. The zero-order valence-corrected chi connectivity index (χ0v) is 26.1. The molecule has 0 spiro atoms. The first kappa shape index (κ1) is 32.1. The fourth-order valence-corrected chi connectivity index (χ4v) is 7.33. The lowest BCUT2D eigenvalue weighted by molar-refractivity contribution is -0.0487. The van der Waals surface area contributed by atoms with Crippen LogP contribution in [0.15, 0.2) is 17.3 Å². The van der Waals surface area contributed by atoms with E-state index in [4.69, 9.17) is 46.3 Å². The SMILES string of the molecule is Nc1nc2c(nnn2[C@@H]2O[C@H](CCO)[C@H](F)[C@H]2OP(O)(=S)OC[C@H]2O[C@@H](c3cnn4c(N)ncnc34)C[C@@H]2O[P+](=O)S)c(=O)[nH]1. The van der Waals surface area contributed by atoms with Gasteiger partial charge in [-0.3, -0.25) is 14.3 Å². The average Bonchev–Trinajstić information content (AvgIpc) is 3.74. The van der Waals surface area contributed by atoms with Gasteiger partial charge in [0.25, 0.3) is 5.56 Å². The minimum Gasteiger partial charge on any atom is -0.396 e. The summed E-state index contributed by atoms with van der Waals surface area (Å²) in [4.78, 5) is 37.6. The molecule has 0 bridgehead atoms. The van der Waals surface area contributed by atoms with Gasteiger partial charge >= 0.3 is 13.9 Å². The molecule has 0 aliphatic carbocycles. The Bertz CT molecular complexity index is 1850. The third kappa shape index (κ3) is 6.43. The Morgan fingerprint density at radius 2 is 2.09 bits per heavy atom. The van der Waals surface area contributed by atoms with Gasteiger partial charge in [-0.15, -0.1) is 9.62 Å². The molecule has 6 heterocycles. The standard InChI is InChI=1S/C20H24FN11O9P2S2/c21-12-8(1-2-33)39-18(31-16-13(29-30-31)17(34)28-19(22)27-16)14(12)41-43(36,45)37-5-11-10(40-42(35)44)3-9(38-11)7-4-26-32-15(7)24-6-25-20(32)23/h4,6,8-12,14,18,33H,1-3,5H2,(H6-,22,23,24,25,26,27,28,30,34,35,36,44,45)/p+1/t8-,9-,10+,11-,12+,14-,18-,43?/m1/s1. The smallest absolute Gasteiger partial charge is 0.396 e. The van der Waals surface area contributed by atoms with E-state index < -0.39 is 75.6 Å². The van der Waals surface area contributed by atoms with Gasteiger partial charge in [0.1, 0.15) is 36.9 Å².